The maximum atomic E-state index is 11.0. The molecule has 5 heteroatoms. The van der Waals surface area contributed by atoms with Gasteiger partial charge in [0.2, 0.25) is 0 Å². The fourth-order valence-electron chi connectivity index (χ4n) is 1.29. The fourth-order valence-corrected chi connectivity index (χ4v) is 1.29. The lowest BCUT2D eigenvalue weighted by molar-refractivity contribution is -0.126. The van der Waals surface area contributed by atoms with Crippen molar-refractivity contribution in [3.63, 3.8) is 0 Å². The molecule has 0 atom stereocenters. The first-order chi connectivity index (χ1) is 5.77. The molecule has 2 saturated heterocycles. The van der Waals surface area contributed by atoms with Gasteiger partial charge in [-0.15, -0.1) is 0 Å². The van der Waals surface area contributed by atoms with Gasteiger partial charge in [0.25, 0.3) is 5.91 Å². The van der Waals surface area contributed by atoms with Crippen LogP contribution >= 0.6 is 0 Å². The van der Waals surface area contributed by atoms with Gasteiger partial charge in [0, 0.05) is 25.6 Å². The number of hydrogen-bond donors (Lipinski definition) is 1. The van der Waals surface area contributed by atoms with Gasteiger partial charge in [-0.05, 0) is 0 Å². The molecule has 2 amide bonds. The quantitative estimate of drug-likeness (QED) is 0.588. The molecule has 2 aliphatic heterocycles. The summed E-state index contributed by atoms with van der Waals surface area (Å²) in [5, 5.41) is 3.07. The molecule has 5 nitrogen and oxygen atoms in total. The van der Waals surface area contributed by atoms with Crippen LogP contribution in [0.1, 0.15) is 0 Å². The number of hydrogen-bond acceptors (Lipinski definition) is 4. The summed E-state index contributed by atoms with van der Waals surface area (Å²) < 4.78 is 4.56. The molecule has 2 fully saturated rings. The van der Waals surface area contributed by atoms with E-state index in [1.807, 2.05) is 0 Å². The summed E-state index contributed by atoms with van der Waals surface area (Å²) in [5.41, 5.74) is 0. The second kappa shape index (κ2) is 2.75. The predicted molar refractivity (Wildman–Crippen MR) is 39.4 cm³/mol. The van der Waals surface area contributed by atoms with E-state index in [4.69, 9.17) is 0 Å². The van der Waals surface area contributed by atoms with Crippen molar-refractivity contribution < 1.29 is 14.3 Å². The van der Waals surface area contributed by atoms with Crippen LogP contribution in [0.4, 0.5) is 4.79 Å². The van der Waals surface area contributed by atoms with Crippen molar-refractivity contribution in [2.45, 2.75) is 0 Å². The van der Waals surface area contributed by atoms with Crippen LogP contribution < -0.4 is 5.32 Å². The number of ether oxygens (including phenoxy) is 1. The molecule has 0 aliphatic carbocycles. The highest BCUT2D eigenvalue weighted by Crippen LogP contribution is 2.11. The van der Waals surface area contributed by atoms with E-state index in [2.05, 4.69) is 10.1 Å². The van der Waals surface area contributed by atoms with Crippen LogP contribution in [-0.4, -0.2) is 43.1 Å². The van der Waals surface area contributed by atoms with Crippen LogP contribution in [0, 0.1) is 5.92 Å². The van der Waals surface area contributed by atoms with E-state index in [1.165, 1.54) is 4.90 Å². The summed E-state index contributed by atoms with van der Waals surface area (Å²) in [6.07, 6.45) is -0.494. The molecule has 2 heterocycles. The number of amides is 2. The third-order valence-electron chi connectivity index (χ3n) is 2.15. The smallest absolute Gasteiger partial charge is 0.417 e. The molecule has 2 rings (SSSR count). The van der Waals surface area contributed by atoms with Gasteiger partial charge in [0.05, 0.1) is 0 Å². The van der Waals surface area contributed by atoms with Gasteiger partial charge in [-0.1, -0.05) is 0 Å². The molecule has 0 aromatic carbocycles. The van der Waals surface area contributed by atoms with E-state index in [0.29, 0.717) is 12.5 Å². The first kappa shape index (κ1) is 7.54. The predicted octanol–water partition coefficient (Wildman–Crippen LogP) is -0.815. The first-order valence-corrected chi connectivity index (χ1v) is 3.95. The Kier molecular flexibility index (Phi) is 1.73. The summed E-state index contributed by atoms with van der Waals surface area (Å²) >= 11 is 0. The average molecular weight is 170 g/mol. The molecule has 1 N–H and O–H groups in total. The Morgan fingerprint density at radius 1 is 1.50 bits per heavy atom. The molecule has 0 radical (unpaired) electrons. The third kappa shape index (κ3) is 1.16. The van der Waals surface area contributed by atoms with Crippen molar-refractivity contribution in [1.82, 2.24) is 10.2 Å². The molecular formula is C7H10N2O3. The summed E-state index contributed by atoms with van der Waals surface area (Å²) in [5.74, 6) is 0.200. The molecule has 12 heavy (non-hydrogen) atoms. The topological polar surface area (TPSA) is 58.6 Å². The SMILES string of the molecule is O=C1COC(=O)N1CC1CNC1. The molecule has 66 valence electrons. The number of rotatable bonds is 2. The Morgan fingerprint density at radius 3 is 2.67 bits per heavy atom. The van der Waals surface area contributed by atoms with Gasteiger partial charge in [-0.3, -0.25) is 4.79 Å². The Balaban J connectivity index is 1.92. The lowest BCUT2D eigenvalue weighted by atomic mass is 10.0. The van der Waals surface area contributed by atoms with Gasteiger partial charge in [0.1, 0.15) is 0 Å². The second-order valence-corrected chi connectivity index (χ2v) is 3.08. The maximum Gasteiger partial charge on any atom is 0.417 e. The zero-order valence-electron chi connectivity index (χ0n) is 6.58. The number of nitrogens with zero attached hydrogens (tertiary/aromatic N) is 1. The van der Waals surface area contributed by atoms with Crippen LogP contribution in [-0.2, 0) is 9.53 Å². The Bertz CT molecular complexity index is 209. The van der Waals surface area contributed by atoms with Gasteiger partial charge in [-0.2, -0.15) is 0 Å². The zero-order chi connectivity index (χ0) is 8.55. The number of cyclic esters (lactones) is 1. The van der Waals surface area contributed by atoms with E-state index in [9.17, 15) is 9.59 Å². The van der Waals surface area contributed by atoms with Crippen molar-refractivity contribution >= 4 is 12.0 Å². The molecule has 0 unspecified atom stereocenters. The van der Waals surface area contributed by atoms with Gasteiger partial charge < -0.3 is 10.1 Å². The van der Waals surface area contributed by atoms with Crippen LogP contribution in [0.3, 0.4) is 0 Å². The molecule has 0 spiro atoms. The van der Waals surface area contributed by atoms with Crippen LogP contribution in [0.2, 0.25) is 0 Å². The minimum atomic E-state index is -0.494. The largest absolute Gasteiger partial charge is 0.439 e. The van der Waals surface area contributed by atoms with Crippen molar-refractivity contribution in [2.24, 2.45) is 5.92 Å². The Morgan fingerprint density at radius 2 is 2.25 bits per heavy atom. The Labute approximate surface area is 69.7 Å². The highest BCUT2D eigenvalue weighted by atomic mass is 16.6. The number of carbonyl (C=O) groups excluding carboxylic acids is 2. The maximum absolute atomic E-state index is 11.0. The highest BCUT2D eigenvalue weighted by Gasteiger charge is 2.34. The van der Waals surface area contributed by atoms with Gasteiger partial charge >= 0.3 is 6.09 Å². The monoisotopic (exact) mass is 170 g/mol. The van der Waals surface area contributed by atoms with E-state index in [-0.39, 0.29) is 12.5 Å². The zero-order valence-corrected chi connectivity index (χ0v) is 6.58. The van der Waals surface area contributed by atoms with Crippen molar-refractivity contribution in [3.05, 3.63) is 0 Å². The molecule has 0 saturated carbocycles. The minimum Gasteiger partial charge on any atom is -0.439 e. The second-order valence-electron chi connectivity index (χ2n) is 3.08. The van der Waals surface area contributed by atoms with E-state index >= 15 is 0 Å². The summed E-state index contributed by atoms with van der Waals surface area (Å²) in [6.45, 7) is 2.19. The van der Waals surface area contributed by atoms with Crippen LogP contribution in [0.25, 0.3) is 0 Å². The number of carbonyl (C=O) groups is 2. The van der Waals surface area contributed by atoms with Crippen molar-refractivity contribution in [2.75, 3.05) is 26.2 Å². The highest BCUT2D eigenvalue weighted by molar-refractivity contribution is 5.97. The summed E-state index contributed by atoms with van der Waals surface area (Å²) in [6, 6.07) is 0. The average Bonchev–Trinajstić information content (AvgIpc) is 2.25. The standard InChI is InChI=1S/C7H10N2O3/c10-6-4-12-7(11)9(6)3-5-1-8-2-5/h5,8H,1-4H2. The Hall–Kier alpha value is -1.10. The lowest BCUT2D eigenvalue weighted by Gasteiger charge is -2.29. The van der Waals surface area contributed by atoms with Crippen molar-refractivity contribution in [1.29, 1.82) is 0 Å². The van der Waals surface area contributed by atoms with E-state index in [0.717, 1.165) is 13.1 Å². The molecule has 2 aliphatic rings. The molecular weight excluding hydrogens is 160 g/mol. The summed E-state index contributed by atoms with van der Waals surface area (Å²) in [4.78, 5) is 23.1. The molecule has 0 aromatic rings. The minimum absolute atomic E-state index is 0.0843. The number of nitrogens with one attached hydrogen (secondary N) is 1. The fraction of sp³-hybridized carbons (Fsp3) is 0.714. The number of imide groups is 1. The van der Waals surface area contributed by atoms with Crippen LogP contribution in [0.5, 0.6) is 0 Å². The van der Waals surface area contributed by atoms with E-state index < -0.39 is 6.09 Å². The summed E-state index contributed by atoms with van der Waals surface area (Å²) in [7, 11) is 0. The first-order valence-electron chi connectivity index (χ1n) is 3.95. The van der Waals surface area contributed by atoms with Crippen molar-refractivity contribution in [3.8, 4) is 0 Å². The molecule has 0 bridgehead atoms. The lowest BCUT2D eigenvalue weighted by Crippen LogP contribution is -2.49. The van der Waals surface area contributed by atoms with Gasteiger partial charge in [0.15, 0.2) is 6.61 Å². The third-order valence-corrected chi connectivity index (χ3v) is 2.15. The normalized spacial score (nSPS) is 24.2. The van der Waals surface area contributed by atoms with Gasteiger partial charge in [-0.25, -0.2) is 9.69 Å². The van der Waals surface area contributed by atoms with Crippen LogP contribution in [0.15, 0.2) is 0 Å². The van der Waals surface area contributed by atoms with E-state index in [1.54, 1.807) is 0 Å². The molecule has 0 aromatic heterocycles.